The molecule has 4 heteroatoms. The maximum Gasteiger partial charge on any atom is 0.265 e. The van der Waals surface area contributed by atoms with E-state index < -0.39 is 6.10 Å². The summed E-state index contributed by atoms with van der Waals surface area (Å²) in [6.45, 7) is 11.0. The normalized spacial score (nSPS) is 11.9. The highest BCUT2D eigenvalue weighted by molar-refractivity contribution is 5.94. The molecule has 0 aliphatic rings. The molecule has 27 heavy (non-hydrogen) atoms. The molecule has 0 radical (unpaired) electrons. The minimum Gasteiger partial charge on any atom is -0.494 e. The van der Waals surface area contributed by atoms with Crippen molar-refractivity contribution in [1.29, 1.82) is 0 Å². The molecule has 0 heterocycles. The minimum atomic E-state index is -0.588. The molecular formula is C23H31NO3. The maximum atomic E-state index is 12.4. The third-order valence-electron chi connectivity index (χ3n) is 4.43. The van der Waals surface area contributed by atoms with Crippen LogP contribution in [0.5, 0.6) is 11.5 Å². The maximum absolute atomic E-state index is 12.4. The topological polar surface area (TPSA) is 47.6 Å². The van der Waals surface area contributed by atoms with E-state index in [1.807, 2.05) is 36.4 Å². The van der Waals surface area contributed by atoms with E-state index >= 15 is 0 Å². The average Bonchev–Trinajstić information content (AvgIpc) is 2.63. The number of ether oxygens (including phenoxy) is 2. The number of benzene rings is 2. The second-order valence-corrected chi connectivity index (χ2v) is 7.15. The van der Waals surface area contributed by atoms with Crippen LogP contribution in [0.4, 0.5) is 5.69 Å². The van der Waals surface area contributed by atoms with Crippen molar-refractivity contribution in [3.8, 4) is 11.5 Å². The van der Waals surface area contributed by atoms with Crippen LogP contribution in [0.2, 0.25) is 0 Å². The monoisotopic (exact) mass is 369 g/mol. The Bertz CT molecular complexity index is 738. The fourth-order valence-electron chi connectivity index (χ4n) is 2.84. The molecule has 0 aliphatic carbocycles. The van der Waals surface area contributed by atoms with Crippen LogP contribution >= 0.6 is 0 Å². The van der Waals surface area contributed by atoms with Crippen molar-refractivity contribution in [3.05, 3.63) is 53.6 Å². The van der Waals surface area contributed by atoms with Crippen LogP contribution in [0, 0.1) is 6.92 Å². The summed E-state index contributed by atoms with van der Waals surface area (Å²) in [6.07, 6.45) is 1.55. The number of nitrogens with one attached hydrogen (secondary N) is 1. The largest absolute Gasteiger partial charge is 0.494 e. The van der Waals surface area contributed by atoms with E-state index in [2.05, 4.69) is 39.1 Å². The fraction of sp³-hybridized carbons (Fsp3) is 0.435. The van der Waals surface area contributed by atoms with Gasteiger partial charge in [0, 0.05) is 5.69 Å². The van der Waals surface area contributed by atoms with Gasteiger partial charge in [-0.05, 0) is 73.7 Å². The quantitative estimate of drug-likeness (QED) is 0.577. The zero-order chi connectivity index (χ0) is 19.8. The van der Waals surface area contributed by atoms with Gasteiger partial charge in [0.1, 0.15) is 11.5 Å². The first-order chi connectivity index (χ1) is 12.9. The van der Waals surface area contributed by atoms with Crippen molar-refractivity contribution >= 4 is 11.6 Å². The summed E-state index contributed by atoms with van der Waals surface area (Å²) >= 11 is 0. The molecule has 2 aromatic rings. The number of aryl methyl sites for hydroxylation is 1. The molecule has 146 valence electrons. The van der Waals surface area contributed by atoms with E-state index in [9.17, 15) is 4.79 Å². The Labute approximate surface area is 162 Å². The molecular weight excluding hydrogens is 338 g/mol. The Morgan fingerprint density at radius 3 is 2.30 bits per heavy atom. The Morgan fingerprint density at radius 2 is 1.70 bits per heavy atom. The Morgan fingerprint density at radius 1 is 1.04 bits per heavy atom. The van der Waals surface area contributed by atoms with Gasteiger partial charge in [0.25, 0.3) is 5.91 Å². The van der Waals surface area contributed by atoms with Gasteiger partial charge in [0.2, 0.25) is 0 Å². The van der Waals surface area contributed by atoms with Crippen LogP contribution in [0.1, 0.15) is 57.6 Å². The van der Waals surface area contributed by atoms with Crippen molar-refractivity contribution in [2.75, 3.05) is 11.9 Å². The smallest absolute Gasteiger partial charge is 0.265 e. The van der Waals surface area contributed by atoms with Crippen LogP contribution in [0.15, 0.2) is 42.5 Å². The van der Waals surface area contributed by atoms with Gasteiger partial charge in [0.15, 0.2) is 6.10 Å². The molecule has 0 saturated heterocycles. The zero-order valence-corrected chi connectivity index (χ0v) is 17.0. The number of hydrogen-bond acceptors (Lipinski definition) is 3. The Balaban J connectivity index is 1.90. The van der Waals surface area contributed by atoms with Gasteiger partial charge < -0.3 is 14.8 Å². The first kappa shape index (κ1) is 20.8. The lowest BCUT2D eigenvalue weighted by molar-refractivity contribution is -0.122. The van der Waals surface area contributed by atoms with Gasteiger partial charge in [0.05, 0.1) is 6.61 Å². The number of carbonyl (C=O) groups is 1. The van der Waals surface area contributed by atoms with Gasteiger partial charge in [-0.1, -0.05) is 33.3 Å². The van der Waals surface area contributed by atoms with Gasteiger partial charge in [-0.2, -0.15) is 0 Å². The summed E-state index contributed by atoms with van der Waals surface area (Å²) in [7, 11) is 0. The highest BCUT2D eigenvalue weighted by Crippen LogP contribution is 2.24. The van der Waals surface area contributed by atoms with Crippen molar-refractivity contribution in [1.82, 2.24) is 0 Å². The van der Waals surface area contributed by atoms with Gasteiger partial charge >= 0.3 is 0 Å². The first-order valence-electron chi connectivity index (χ1n) is 9.71. The van der Waals surface area contributed by atoms with Gasteiger partial charge in [-0.25, -0.2) is 0 Å². The van der Waals surface area contributed by atoms with Crippen LogP contribution in [-0.4, -0.2) is 18.6 Å². The summed E-state index contributed by atoms with van der Waals surface area (Å²) in [5.74, 6) is 1.81. The lowest BCUT2D eigenvalue weighted by Gasteiger charge is -2.17. The fourth-order valence-corrected chi connectivity index (χ4v) is 2.84. The van der Waals surface area contributed by atoms with Crippen molar-refractivity contribution in [2.45, 2.75) is 59.5 Å². The molecule has 0 spiro atoms. The number of unbranched alkanes of at least 4 members (excludes halogenated alkanes) is 1. The highest BCUT2D eigenvalue weighted by atomic mass is 16.5. The number of hydrogen-bond donors (Lipinski definition) is 1. The van der Waals surface area contributed by atoms with E-state index in [1.165, 1.54) is 11.1 Å². The van der Waals surface area contributed by atoms with Crippen molar-refractivity contribution < 1.29 is 14.3 Å². The highest BCUT2D eigenvalue weighted by Gasteiger charge is 2.15. The second-order valence-electron chi connectivity index (χ2n) is 7.15. The molecule has 0 bridgehead atoms. The SMILES string of the molecule is CCCCOc1ccc(NC(=O)C(C)Oc2ccc(C(C)C)c(C)c2)cc1. The summed E-state index contributed by atoms with van der Waals surface area (Å²) in [5.41, 5.74) is 3.19. The third kappa shape index (κ3) is 6.31. The molecule has 4 nitrogen and oxygen atoms in total. The van der Waals surface area contributed by atoms with E-state index in [-0.39, 0.29) is 5.91 Å². The molecule has 1 unspecified atom stereocenters. The van der Waals surface area contributed by atoms with Crippen LogP contribution in [0.3, 0.4) is 0 Å². The molecule has 1 amide bonds. The predicted octanol–water partition coefficient (Wildman–Crippen LogP) is 5.70. The lowest BCUT2D eigenvalue weighted by Crippen LogP contribution is -2.30. The molecule has 0 aromatic heterocycles. The summed E-state index contributed by atoms with van der Waals surface area (Å²) in [6, 6.07) is 13.4. The summed E-state index contributed by atoms with van der Waals surface area (Å²) in [5, 5.41) is 2.88. The van der Waals surface area contributed by atoms with E-state index in [0.29, 0.717) is 18.3 Å². The second kappa shape index (κ2) is 10.0. The van der Waals surface area contributed by atoms with E-state index in [0.717, 1.165) is 24.3 Å². The lowest BCUT2D eigenvalue weighted by atomic mass is 9.98. The van der Waals surface area contributed by atoms with Crippen LogP contribution in [-0.2, 0) is 4.79 Å². The standard InChI is InChI=1S/C23H31NO3/c1-6-7-14-26-20-10-8-19(9-11-20)24-23(25)18(5)27-21-12-13-22(16(2)3)17(4)15-21/h8-13,15-16,18H,6-7,14H2,1-5H3,(H,24,25). The average molecular weight is 370 g/mol. The van der Waals surface area contributed by atoms with Crippen molar-refractivity contribution in [2.24, 2.45) is 0 Å². The molecule has 1 N–H and O–H groups in total. The van der Waals surface area contributed by atoms with Crippen molar-refractivity contribution in [3.63, 3.8) is 0 Å². The van der Waals surface area contributed by atoms with Gasteiger partial charge in [-0.3, -0.25) is 4.79 Å². The first-order valence-corrected chi connectivity index (χ1v) is 9.71. The summed E-state index contributed by atoms with van der Waals surface area (Å²) < 4.78 is 11.4. The summed E-state index contributed by atoms with van der Waals surface area (Å²) in [4.78, 5) is 12.4. The number of anilines is 1. The molecule has 2 rings (SSSR count). The molecule has 0 aliphatic heterocycles. The Kier molecular flexibility index (Phi) is 7.71. The minimum absolute atomic E-state index is 0.180. The predicted molar refractivity (Wildman–Crippen MR) is 111 cm³/mol. The molecule has 1 atom stereocenters. The number of amides is 1. The molecule has 0 fully saturated rings. The zero-order valence-electron chi connectivity index (χ0n) is 17.0. The molecule has 2 aromatic carbocycles. The van der Waals surface area contributed by atoms with E-state index in [1.54, 1.807) is 6.92 Å². The van der Waals surface area contributed by atoms with Gasteiger partial charge in [-0.15, -0.1) is 0 Å². The Hall–Kier alpha value is -2.49. The molecule has 0 saturated carbocycles. The van der Waals surface area contributed by atoms with Crippen LogP contribution in [0.25, 0.3) is 0 Å². The third-order valence-corrected chi connectivity index (χ3v) is 4.43. The number of rotatable bonds is 9. The van der Waals surface area contributed by atoms with E-state index in [4.69, 9.17) is 9.47 Å². The number of carbonyl (C=O) groups excluding carboxylic acids is 1. The van der Waals surface area contributed by atoms with Crippen LogP contribution < -0.4 is 14.8 Å².